The van der Waals surface area contributed by atoms with E-state index in [4.69, 9.17) is 16.3 Å². The standard InChI is InChI=1S/C20H23ClN2O3/c1-14-6-4-9-18(10-14)26-13-19(24)23(15(2)20(25)22-3)12-16-7-5-8-17(21)11-16/h4-11,15H,12-13H2,1-3H3,(H,22,25)/t15-/m0/s1. The molecule has 0 heterocycles. The van der Waals surface area contributed by atoms with E-state index in [0.717, 1.165) is 11.1 Å². The SMILES string of the molecule is CNC(=O)[C@H](C)N(Cc1cccc(Cl)c1)C(=O)COc1cccc(C)c1. The lowest BCUT2D eigenvalue weighted by molar-refractivity contribution is -0.142. The van der Waals surface area contributed by atoms with Crippen molar-refractivity contribution < 1.29 is 14.3 Å². The average Bonchev–Trinajstić information content (AvgIpc) is 2.63. The quantitative estimate of drug-likeness (QED) is 0.809. The van der Waals surface area contributed by atoms with Crippen molar-refractivity contribution in [3.05, 3.63) is 64.7 Å². The summed E-state index contributed by atoms with van der Waals surface area (Å²) in [6.45, 7) is 3.76. The summed E-state index contributed by atoms with van der Waals surface area (Å²) < 4.78 is 5.61. The summed E-state index contributed by atoms with van der Waals surface area (Å²) >= 11 is 6.03. The van der Waals surface area contributed by atoms with E-state index in [1.165, 1.54) is 4.90 Å². The molecule has 0 bridgehead atoms. The lowest BCUT2D eigenvalue weighted by Crippen LogP contribution is -2.48. The van der Waals surface area contributed by atoms with Crippen LogP contribution >= 0.6 is 11.6 Å². The van der Waals surface area contributed by atoms with Crippen LogP contribution in [0.25, 0.3) is 0 Å². The van der Waals surface area contributed by atoms with Crippen LogP contribution in [0.3, 0.4) is 0 Å². The summed E-state index contributed by atoms with van der Waals surface area (Å²) in [6.07, 6.45) is 0. The zero-order valence-electron chi connectivity index (χ0n) is 15.2. The number of carbonyl (C=O) groups excluding carboxylic acids is 2. The third kappa shape index (κ3) is 5.49. The smallest absolute Gasteiger partial charge is 0.261 e. The van der Waals surface area contributed by atoms with Crippen molar-refractivity contribution in [3.63, 3.8) is 0 Å². The molecule has 0 radical (unpaired) electrons. The molecule has 0 aromatic heterocycles. The van der Waals surface area contributed by atoms with Crippen molar-refractivity contribution in [2.75, 3.05) is 13.7 Å². The number of halogens is 1. The number of likely N-dealkylation sites (N-methyl/N-ethyl adjacent to an activating group) is 1. The minimum absolute atomic E-state index is 0.147. The highest BCUT2D eigenvalue weighted by Crippen LogP contribution is 2.16. The van der Waals surface area contributed by atoms with Crippen LogP contribution < -0.4 is 10.1 Å². The Morgan fingerprint density at radius 3 is 2.58 bits per heavy atom. The van der Waals surface area contributed by atoms with E-state index in [-0.39, 0.29) is 25.0 Å². The molecule has 0 unspecified atom stereocenters. The molecule has 0 aliphatic rings. The zero-order valence-corrected chi connectivity index (χ0v) is 15.9. The van der Waals surface area contributed by atoms with Gasteiger partial charge in [-0.25, -0.2) is 0 Å². The molecule has 138 valence electrons. The van der Waals surface area contributed by atoms with Crippen LogP contribution in [0.5, 0.6) is 5.75 Å². The van der Waals surface area contributed by atoms with Gasteiger partial charge in [-0.1, -0.05) is 35.9 Å². The van der Waals surface area contributed by atoms with Crippen LogP contribution in [0.1, 0.15) is 18.1 Å². The first-order valence-electron chi connectivity index (χ1n) is 8.35. The number of amides is 2. The first kappa shape index (κ1) is 19.8. The van der Waals surface area contributed by atoms with Crippen LogP contribution in [0.2, 0.25) is 5.02 Å². The van der Waals surface area contributed by atoms with Crippen molar-refractivity contribution in [3.8, 4) is 5.75 Å². The molecule has 6 heteroatoms. The van der Waals surface area contributed by atoms with Crippen LogP contribution in [0.15, 0.2) is 48.5 Å². The van der Waals surface area contributed by atoms with Gasteiger partial charge in [0.25, 0.3) is 5.91 Å². The number of hydrogen-bond acceptors (Lipinski definition) is 3. The highest BCUT2D eigenvalue weighted by Gasteiger charge is 2.25. The van der Waals surface area contributed by atoms with E-state index in [0.29, 0.717) is 10.8 Å². The third-order valence-electron chi connectivity index (χ3n) is 4.01. The molecule has 0 saturated carbocycles. The Hall–Kier alpha value is -2.53. The van der Waals surface area contributed by atoms with Crippen LogP contribution in [0, 0.1) is 6.92 Å². The Balaban J connectivity index is 2.13. The molecule has 0 aliphatic carbocycles. The van der Waals surface area contributed by atoms with Crippen molar-refractivity contribution in [2.45, 2.75) is 26.4 Å². The molecule has 0 saturated heterocycles. The van der Waals surface area contributed by atoms with Crippen LogP contribution in [-0.4, -0.2) is 36.4 Å². The second kappa shape index (κ2) is 9.25. The highest BCUT2D eigenvalue weighted by molar-refractivity contribution is 6.30. The van der Waals surface area contributed by atoms with Gasteiger partial charge >= 0.3 is 0 Å². The van der Waals surface area contributed by atoms with Crippen molar-refractivity contribution in [1.82, 2.24) is 10.2 Å². The minimum atomic E-state index is -0.632. The fourth-order valence-electron chi connectivity index (χ4n) is 2.56. The van der Waals surface area contributed by atoms with E-state index < -0.39 is 6.04 Å². The van der Waals surface area contributed by atoms with Crippen molar-refractivity contribution in [1.29, 1.82) is 0 Å². The fourth-order valence-corrected chi connectivity index (χ4v) is 2.77. The molecule has 1 atom stereocenters. The molecule has 2 aromatic carbocycles. The van der Waals surface area contributed by atoms with Gasteiger partial charge in [0.2, 0.25) is 5.91 Å². The minimum Gasteiger partial charge on any atom is -0.484 e. The lowest BCUT2D eigenvalue weighted by Gasteiger charge is -2.28. The highest BCUT2D eigenvalue weighted by atomic mass is 35.5. The fraction of sp³-hybridized carbons (Fsp3) is 0.300. The Labute approximate surface area is 158 Å². The topological polar surface area (TPSA) is 58.6 Å². The van der Waals surface area contributed by atoms with Gasteiger partial charge in [0.15, 0.2) is 6.61 Å². The number of carbonyl (C=O) groups is 2. The van der Waals surface area contributed by atoms with Gasteiger partial charge in [-0.2, -0.15) is 0 Å². The normalized spacial score (nSPS) is 11.5. The van der Waals surface area contributed by atoms with Crippen molar-refractivity contribution in [2.24, 2.45) is 0 Å². The molecule has 0 spiro atoms. The van der Waals surface area contributed by atoms with Crippen LogP contribution in [0.4, 0.5) is 0 Å². The van der Waals surface area contributed by atoms with E-state index in [2.05, 4.69) is 5.32 Å². The van der Waals surface area contributed by atoms with E-state index >= 15 is 0 Å². The summed E-state index contributed by atoms with van der Waals surface area (Å²) in [4.78, 5) is 26.3. The van der Waals surface area contributed by atoms with Crippen molar-refractivity contribution >= 4 is 23.4 Å². The molecule has 0 fully saturated rings. The average molecular weight is 375 g/mol. The maximum absolute atomic E-state index is 12.7. The molecular weight excluding hydrogens is 352 g/mol. The second-order valence-electron chi connectivity index (χ2n) is 6.05. The predicted molar refractivity (Wildman–Crippen MR) is 102 cm³/mol. The Morgan fingerprint density at radius 1 is 1.19 bits per heavy atom. The largest absolute Gasteiger partial charge is 0.484 e. The number of benzene rings is 2. The van der Waals surface area contributed by atoms with Gasteiger partial charge in [0.05, 0.1) is 0 Å². The number of rotatable bonds is 7. The summed E-state index contributed by atoms with van der Waals surface area (Å²) in [6, 6.07) is 14.1. The van der Waals surface area contributed by atoms with Gasteiger partial charge in [-0.05, 0) is 49.2 Å². The number of nitrogens with zero attached hydrogens (tertiary/aromatic N) is 1. The Bertz CT molecular complexity index is 779. The second-order valence-corrected chi connectivity index (χ2v) is 6.48. The number of aryl methyl sites for hydroxylation is 1. The van der Waals surface area contributed by atoms with Gasteiger partial charge in [0, 0.05) is 18.6 Å². The molecule has 2 amide bonds. The van der Waals surface area contributed by atoms with Gasteiger partial charge in [-0.15, -0.1) is 0 Å². The summed E-state index contributed by atoms with van der Waals surface area (Å²) in [7, 11) is 1.55. The number of hydrogen-bond donors (Lipinski definition) is 1. The Morgan fingerprint density at radius 2 is 1.92 bits per heavy atom. The first-order chi connectivity index (χ1) is 12.4. The van der Waals surface area contributed by atoms with E-state index in [1.54, 1.807) is 32.2 Å². The first-order valence-corrected chi connectivity index (χ1v) is 8.73. The van der Waals surface area contributed by atoms with E-state index in [1.807, 2.05) is 37.3 Å². The van der Waals surface area contributed by atoms with Gasteiger partial charge in [-0.3, -0.25) is 9.59 Å². The maximum atomic E-state index is 12.7. The molecule has 0 aliphatic heterocycles. The Kier molecular flexibility index (Phi) is 7.04. The monoisotopic (exact) mass is 374 g/mol. The summed E-state index contributed by atoms with van der Waals surface area (Å²) in [5.74, 6) is 0.104. The van der Waals surface area contributed by atoms with E-state index in [9.17, 15) is 9.59 Å². The maximum Gasteiger partial charge on any atom is 0.261 e. The molecule has 26 heavy (non-hydrogen) atoms. The molecule has 2 rings (SSSR count). The number of nitrogens with one attached hydrogen (secondary N) is 1. The van der Waals surface area contributed by atoms with Gasteiger partial charge < -0.3 is 15.0 Å². The zero-order chi connectivity index (χ0) is 19.1. The van der Waals surface area contributed by atoms with Crippen LogP contribution in [-0.2, 0) is 16.1 Å². The number of ether oxygens (including phenoxy) is 1. The summed E-state index contributed by atoms with van der Waals surface area (Å²) in [5, 5.41) is 3.16. The molecule has 2 aromatic rings. The molecule has 5 nitrogen and oxygen atoms in total. The lowest BCUT2D eigenvalue weighted by atomic mass is 10.1. The molecule has 1 N–H and O–H groups in total. The molecular formula is C20H23ClN2O3. The summed E-state index contributed by atoms with van der Waals surface area (Å²) in [5.41, 5.74) is 1.89. The predicted octanol–water partition coefficient (Wildman–Crippen LogP) is 3.19. The van der Waals surface area contributed by atoms with Gasteiger partial charge in [0.1, 0.15) is 11.8 Å². The third-order valence-corrected chi connectivity index (χ3v) is 4.24.